The third kappa shape index (κ3) is 5.71. The van der Waals surface area contributed by atoms with Crippen molar-refractivity contribution in [3.05, 3.63) is 50.9 Å². The Hall–Kier alpha value is -2.63. The number of benzene rings is 1. The van der Waals surface area contributed by atoms with Crippen LogP contribution in [0, 0.1) is 13.8 Å². The number of nitrogens with one attached hydrogen (secondary N) is 1. The molecule has 0 radical (unpaired) electrons. The van der Waals surface area contributed by atoms with Crippen molar-refractivity contribution in [2.75, 3.05) is 19.0 Å². The molecule has 164 valence electrons. The van der Waals surface area contributed by atoms with Crippen LogP contribution in [0.4, 0.5) is 5.69 Å². The number of hydrogen-bond donors (Lipinski definition) is 1. The highest BCUT2D eigenvalue weighted by Gasteiger charge is 2.19. The fourth-order valence-electron chi connectivity index (χ4n) is 3.39. The second-order valence-corrected chi connectivity index (χ2v) is 7.56. The minimum Gasteiger partial charge on any atom is -0.497 e. The number of nitrogens with zero attached hydrogens (tertiary/aromatic N) is 3. The van der Waals surface area contributed by atoms with Gasteiger partial charge in [-0.05, 0) is 69.4 Å². The Labute approximate surface area is 180 Å². The maximum Gasteiger partial charge on any atom is 0.278 e. The van der Waals surface area contributed by atoms with Crippen molar-refractivity contribution in [3.8, 4) is 5.75 Å². The highest BCUT2D eigenvalue weighted by Crippen LogP contribution is 2.22. The summed E-state index contributed by atoms with van der Waals surface area (Å²) in [5.74, 6) is 1.41. The summed E-state index contributed by atoms with van der Waals surface area (Å²) in [6, 6.07) is 5.84. The van der Waals surface area contributed by atoms with Gasteiger partial charge in [-0.25, -0.2) is 4.68 Å². The molecular weight excluding hydrogens is 376 g/mol. The highest BCUT2D eigenvalue weighted by atomic mass is 16.5. The predicted molar refractivity (Wildman–Crippen MR) is 125 cm³/mol. The van der Waals surface area contributed by atoms with Gasteiger partial charge in [0.1, 0.15) is 11.6 Å². The summed E-state index contributed by atoms with van der Waals surface area (Å²) in [5.41, 5.74) is 4.40. The van der Waals surface area contributed by atoms with Gasteiger partial charge in [0, 0.05) is 18.8 Å². The van der Waals surface area contributed by atoms with Gasteiger partial charge >= 0.3 is 0 Å². The molecule has 6 nitrogen and oxygen atoms in total. The van der Waals surface area contributed by atoms with Crippen LogP contribution in [0.15, 0.2) is 28.0 Å². The zero-order valence-corrected chi connectivity index (χ0v) is 19.3. The van der Waals surface area contributed by atoms with Crippen molar-refractivity contribution in [2.45, 2.75) is 73.3 Å². The van der Waals surface area contributed by atoms with E-state index in [1.54, 1.807) is 11.8 Å². The molecule has 2 rings (SSSR count). The lowest BCUT2D eigenvalue weighted by Gasteiger charge is -2.18. The SMILES string of the molecule is CCCCc1nn(CCCC)c(=O)c(C(=NCC)Nc2ccc(OC)cc2C)c1C. The van der Waals surface area contributed by atoms with E-state index in [-0.39, 0.29) is 5.56 Å². The Morgan fingerprint density at radius 1 is 1.17 bits per heavy atom. The quantitative estimate of drug-likeness (QED) is 0.446. The van der Waals surface area contributed by atoms with Crippen LogP contribution in [-0.4, -0.2) is 29.3 Å². The zero-order valence-electron chi connectivity index (χ0n) is 19.3. The van der Waals surface area contributed by atoms with Crippen LogP contribution >= 0.6 is 0 Å². The lowest BCUT2D eigenvalue weighted by atomic mass is 10.0. The maximum atomic E-state index is 13.4. The highest BCUT2D eigenvalue weighted by molar-refractivity contribution is 6.09. The van der Waals surface area contributed by atoms with Crippen molar-refractivity contribution in [2.24, 2.45) is 4.99 Å². The van der Waals surface area contributed by atoms with E-state index in [4.69, 9.17) is 9.84 Å². The first-order chi connectivity index (χ1) is 14.5. The van der Waals surface area contributed by atoms with Gasteiger partial charge in [-0.3, -0.25) is 9.79 Å². The van der Waals surface area contributed by atoms with E-state index in [0.29, 0.717) is 24.5 Å². The fraction of sp³-hybridized carbons (Fsp3) is 0.542. The van der Waals surface area contributed by atoms with Gasteiger partial charge in [-0.2, -0.15) is 5.10 Å². The van der Waals surface area contributed by atoms with E-state index >= 15 is 0 Å². The minimum absolute atomic E-state index is 0.0768. The normalized spacial score (nSPS) is 11.6. The van der Waals surface area contributed by atoms with Crippen LogP contribution in [0.5, 0.6) is 5.75 Å². The second-order valence-electron chi connectivity index (χ2n) is 7.56. The summed E-state index contributed by atoms with van der Waals surface area (Å²) in [7, 11) is 1.66. The molecule has 1 heterocycles. The van der Waals surface area contributed by atoms with E-state index < -0.39 is 0 Å². The van der Waals surface area contributed by atoms with Crippen LogP contribution in [0.2, 0.25) is 0 Å². The second kappa shape index (κ2) is 11.5. The lowest BCUT2D eigenvalue weighted by molar-refractivity contribution is 0.414. The first-order valence-electron chi connectivity index (χ1n) is 11.0. The summed E-state index contributed by atoms with van der Waals surface area (Å²) in [4.78, 5) is 18.0. The summed E-state index contributed by atoms with van der Waals surface area (Å²) < 4.78 is 6.94. The Kier molecular flexibility index (Phi) is 9.09. The molecule has 0 bridgehead atoms. The molecule has 0 atom stereocenters. The van der Waals surface area contributed by atoms with Crippen LogP contribution in [0.1, 0.15) is 68.8 Å². The predicted octanol–water partition coefficient (Wildman–Crippen LogP) is 4.89. The zero-order chi connectivity index (χ0) is 22.1. The third-order valence-corrected chi connectivity index (χ3v) is 5.23. The summed E-state index contributed by atoms with van der Waals surface area (Å²) in [6.07, 6.45) is 4.94. The molecule has 1 aromatic carbocycles. The molecule has 0 saturated heterocycles. The average Bonchev–Trinajstić information content (AvgIpc) is 2.74. The largest absolute Gasteiger partial charge is 0.497 e. The van der Waals surface area contributed by atoms with Crippen LogP contribution < -0.4 is 15.6 Å². The van der Waals surface area contributed by atoms with Gasteiger partial charge in [0.15, 0.2) is 0 Å². The molecule has 2 aromatic rings. The van der Waals surface area contributed by atoms with Gasteiger partial charge in [0.2, 0.25) is 0 Å². The Morgan fingerprint density at radius 2 is 1.90 bits per heavy atom. The van der Waals surface area contributed by atoms with Crippen LogP contribution in [-0.2, 0) is 13.0 Å². The smallest absolute Gasteiger partial charge is 0.278 e. The molecule has 0 fully saturated rings. The van der Waals surface area contributed by atoms with Crippen molar-refractivity contribution in [1.82, 2.24) is 9.78 Å². The molecular formula is C24H36N4O2. The summed E-state index contributed by atoms with van der Waals surface area (Å²) in [6.45, 7) is 11.5. The molecule has 1 N–H and O–H groups in total. The number of aromatic nitrogens is 2. The maximum absolute atomic E-state index is 13.4. The lowest BCUT2D eigenvalue weighted by Crippen LogP contribution is -2.34. The minimum atomic E-state index is -0.0768. The van der Waals surface area contributed by atoms with Gasteiger partial charge in [0.05, 0.1) is 18.4 Å². The van der Waals surface area contributed by atoms with Crippen molar-refractivity contribution >= 4 is 11.5 Å². The number of aryl methyl sites for hydroxylation is 3. The molecule has 6 heteroatoms. The van der Waals surface area contributed by atoms with E-state index in [1.165, 1.54) is 0 Å². The topological polar surface area (TPSA) is 68.5 Å². The van der Waals surface area contributed by atoms with E-state index in [0.717, 1.165) is 60.4 Å². The first-order valence-corrected chi connectivity index (χ1v) is 11.0. The van der Waals surface area contributed by atoms with Gasteiger partial charge in [-0.15, -0.1) is 0 Å². The Morgan fingerprint density at radius 3 is 2.50 bits per heavy atom. The number of anilines is 1. The Bertz CT molecular complexity index is 932. The molecule has 0 saturated carbocycles. The monoisotopic (exact) mass is 412 g/mol. The molecule has 0 spiro atoms. The van der Waals surface area contributed by atoms with E-state index in [9.17, 15) is 4.79 Å². The van der Waals surface area contributed by atoms with E-state index in [1.807, 2.05) is 39.0 Å². The number of rotatable bonds is 10. The summed E-state index contributed by atoms with van der Waals surface area (Å²) in [5, 5.41) is 8.12. The Balaban J connectivity index is 2.57. The number of methoxy groups -OCH3 is 1. The van der Waals surface area contributed by atoms with Crippen molar-refractivity contribution in [1.29, 1.82) is 0 Å². The number of aliphatic imine (C=N–C) groups is 1. The molecule has 1 aromatic heterocycles. The number of amidine groups is 1. The number of ether oxygens (including phenoxy) is 1. The third-order valence-electron chi connectivity index (χ3n) is 5.23. The average molecular weight is 413 g/mol. The molecule has 0 aliphatic heterocycles. The van der Waals surface area contributed by atoms with Crippen LogP contribution in [0.3, 0.4) is 0 Å². The molecule has 0 unspecified atom stereocenters. The van der Waals surface area contributed by atoms with Gasteiger partial charge in [0.25, 0.3) is 5.56 Å². The molecule has 0 aliphatic carbocycles. The summed E-state index contributed by atoms with van der Waals surface area (Å²) >= 11 is 0. The van der Waals surface area contributed by atoms with Gasteiger partial charge < -0.3 is 10.1 Å². The molecule has 0 amide bonds. The van der Waals surface area contributed by atoms with Crippen LogP contribution in [0.25, 0.3) is 0 Å². The van der Waals surface area contributed by atoms with Crippen molar-refractivity contribution < 1.29 is 4.74 Å². The van der Waals surface area contributed by atoms with Gasteiger partial charge in [-0.1, -0.05) is 26.7 Å². The first kappa shape index (κ1) is 23.6. The standard InChI is InChI=1S/C24H36N4O2/c1-7-10-12-21-18(5)22(24(29)28(27-21)15-11-8-2)23(25-9-3)26-20-14-13-19(30-6)16-17(20)4/h13-14,16H,7-12,15H2,1-6H3,(H,25,26). The van der Waals surface area contributed by atoms with E-state index in [2.05, 4.69) is 24.2 Å². The number of hydrogen-bond acceptors (Lipinski definition) is 4. The fourth-order valence-corrected chi connectivity index (χ4v) is 3.39. The van der Waals surface area contributed by atoms with Crippen molar-refractivity contribution in [3.63, 3.8) is 0 Å². The molecule has 0 aliphatic rings. The number of unbranched alkanes of at least 4 members (excludes halogenated alkanes) is 2. The molecule has 30 heavy (non-hydrogen) atoms.